The Kier molecular flexibility index (Phi) is 6.26. The van der Waals surface area contributed by atoms with E-state index < -0.39 is 40.7 Å². The van der Waals surface area contributed by atoms with E-state index in [9.17, 15) is 28.3 Å². The number of carbonyl (C=O) groups is 3. The molecule has 5 rings (SSSR count). The van der Waals surface area contributed by atoms with E-state index in [4.69, 9.17) is 0 Å². The SMILES string of the molecule is CC(C)CN1C[C@@H]2CCC[C@@H]2N2C(=O)C3=C(O)C(=O)CCN3C[C@]12C(=O)NCc1ccc(F)cc1F. The van der Waals surface area contributed by atoms with E-state index in [2.05, 4.69) is 10.2 Å². The number of aliphatic hydroxyl groups excluding tert-OH is 1. The molecule has 2 saturated heterocycles. The maximum absolute atomic E-state index is 14.3. The van der Waals surface area contributed by atoms with Crippen LogP contribution in [-0.2, 0) is 20.9 Å². The Morgan fingerprint density at radius 1 is 1.25 bits per heavy atom. The first-order valence-electron chi connectivity index (χ1n) is 12.7. The van der Waals surface area contributed by atoms with Gasteiger partial charge in [0.1, 0.15) is 17.3 Å². The highest BCUT2D eigenvalue weighted by Crippen LogP contribution is 2.46. The number of Topliss-reactive ketones (excluding diaryl/α,β-unsaturated/α-hetero) is 1. The van der Waals surface area contributed by atoms with E-state index in [1.54, 1.807) is 9.80 Å². The Labute approximate surface area is 208 Å². The standard InChI is InChI=1S/C26H32F2N4O4/c1-15(2)12-31-13-17-4-3-5-20(17)32-24(35)22-23(34)21(33)8-9-30(22)14-26(31,32)25(36)29-11-16-6-7-18(27)10-19(16)28/h6-7,10,15,17,20,34H,3-5,8-9,11-14H2,1-2H3,(H,29,36)/t17-,20-,26-/m0/s1. The molecule has 0 aromatic heterocycles. The largest absolute Gasteiger partial charge is 0.503 e. The van der Waals surface area contributed by atoms with Gasteiger partial charge in [-0.25, -0.2) is 8.78 Å². The molecule has 3 heterocycles. The molecule has 0 unspecified atom stereocenters. The lowest BCUT2D eigenvalue weighted by Crippen LogP contribution is -2.82. The van der Waals surface area contributed by atoms with E-state index in [0.717, 1.165) is 31.4 Å². The third-order valence-electron chi connectivity index (χ3n) is 7.98. The van der Waals surface area contributed by atoms with Gasteiger partial charge in [0.25, 0.3) is 11.8 Å². The number of rotatable bonds is 5. The predicted molar refractivity (Wildman–Crippen MR) is 126 cm³/mol. The average Bonchev–Trinajstić information content (AvgIpc) is 3.28. The fourth-order valence-corrected chi connectivity index (χ4v) is 6.42. The highest BCUT2D eigenvalue weighted by Gasteiger charge is 2.63. The van der Waals surface area contributed by atoms with Crippen LogP contribution in [0, 0.1) is 23.5 Å². The van der Waals surface area contributed by atoms with E-state index in [0.29, 0.717) is 13.1 Å². The van der Waals surface area contributed by atoms with Gasteiger partial charge in [0.2, 0.25) is 5.78 Å². The van der Waals surface area contributed by atoms with Gasteiger partial charge in [0.05, 0.1) is 6.54 Å². The molecular formula is C26H32F2N4O4. The minimum atomic E-state index is -1.38. The van der Waals surface area contributed by atoms with E-state index in [1.165, 1.54) is 6.07 Å². The second kappa shape index (κ2) is 9.14. The Morgan fingerprint density at radius 3 is 2.75 bits per heavy atom. The van der Waals surface area contributed by atoms with Gasteiger partial charge in [-0.3, -0.25) is 19.3 Å². The molecule has 3 atom stereocenters. The first-order valence-corrected chi connectivity index (χ1v) is 12.7. The van der Waals surface area contributed by atoms with Gasteiger partial charge in [-0.2, -0.15) is 0 Å². The van der Waals surface area contributed by atoms with Crippen LogP contribution in [-0.4, -0.2) is 75.3 Å². The van der Waals surface area contributed by atoms with Gasteiger partial charge >= 0.3 is 0 Å². The Bertz CT molecular complexity index is 1140. The summed E-state index contributed by atoms with van der Waals surface area (Å²) >= 11 is 0. The number of allylic oxidation sites excluding steroid dienone is 1. The van der Waals surface area contributed by atoms with Crippen LogP contribution in [0.3, 0.4) is 0 Å². The van der Waals surface area contributed by atoms with Crippen molar-refractivity contribution < 1.29 is 28.3 Å². The normalized spacial score (nSPS) is 28.4. The van der Waals surface area contributed by atoms with Crippen LogP contribution in [0.1, 0.15) is 45.1 Å². The summed E-state index contributed by atoms with van der Waals surface area (Å²) in [4.78, 5) is 45.7. The summed E-state index contributed by atoms with van der Waals surface area (Å²) in [7, 11) is 0. The number of hydrogen-bond acceptors (Lipinski definition) is 6. The molecule has 2 amide bonds. The summed E-state index contributed by atoms with van der Waals surface area (Å²) in [5, 5.41) is 13.4. The number of piperazine rings is 1. The first kappa shape index (κ1) is 24.7. The van der Waals surface area contributed by atoms with Crippen LogP contribution in [0.15, 0.2) is 29.7 Å². The lowest BCUT2D eigenvalue weighted by molar-refractivity contribution is -0.192. The molecule has 3 aliphatic heterocycles. The Morgan fingerprint density at radius 2 is 2.03 bits per heavy atom. The molecular weight excluding hydrogens is 470 g/mol. The number of nitrogens with one attached hydrogen (secondary N) is 1. The summed E-state index contributed by atoms with van der Waals surface area (Å²) in [6, 6.07) is 3.00. The fraction of sp³-hybridized carbons (Fsp3) is 0.577. The second-order valence-electron chi connectivity index (χ2n) is 10.8. The second-order valence-corrected chi connectivity index (χ2v) is 10.8. The summed E-state index contributed by atoms with van der Waals surface area (Å²) in [5.74, 6) is -3.05. The van der Waals surface area contributed by atoms with Gasteiger partial charge in [-0.1, -0.05) is 26.3 Å². The summed E-state index contributed by atoms with van der Waals surface area (Å²) in [6.07, 6.45) is 2.63. The van der Waals surface area contributed by atoms with Crippen LogP contribution in [0.2, 0.25) is 0 Å². The fourth-order valence-electron chi connectivity index (χ4n) is 6.42. The lowest BCUT2D eigenvalue weighted by atomic mass is 9.84. The summed E-state index contributed by atoms with van der Waals surface area (Å²) < 4.78 is 27.7. The van der Waals surface area contributed by atoms with Crippen LogP contribution < -0.4 is 5.32 Å². The van der Waals surface area contributed by atoms with Crippen molar-refractivity contribution in [3.63, 3.8) is 0 Å². The number of carbonyl (C=O) groups excluding carboxylic acids is 3. The molecule has 194 valence electrons. The van der Waals surface area contributed by atoms with Crippen LogP contribution >= 0.6 is 0 Å². The molecule has 0 spiro atoms. The van der Waals surface area contributed by atoms with Gasteiger partial charge in [0, 0.05) is 50.3 Å². The van der Waals surface area contributed by atoms with E-state index in [1.807, 2.05) is 13.8 Å². The van der Waals surface area contributed by atoms with Crippen molar-refractivity contribution in [2.75, 3.05) is 26.2 Å². The van der Waals surface area contributed by atoms with Crippen LogP contribution in [0.5, 0.6) is 0 Å². The van der Waals surface area contributed by atoms with Crippen LogP contribution in [0.25, 0.3) is 0 Å². The number of aliphatic hydroxyl groups is 1. The highest BCUT2D eigenvalue weighted by atomic mass is 19.1. The maximum Gasteiger partial charge on any atom is 0.276 e. The van der Waals surface area contributed by atoms with Crippen molar-refractivity contribution in [1.82, 2.24) is 20.0 Å². The third-order valence-corrected chi connectivity index (χ3v) is 7.98. The molecule has 10 heteroatoms. The van der Waals surface area contributed by atoms with Gasteiger partial charge in [-0.05, 0) is 30.7 Å². The number of halogens is 2. The smallest absolute Gasteiger partial charge is 0.276 e. The minimum absolute atomic E-state index is 0.0312. The number of amides is 2. The van der Waals surface area contributed by atoms with Gasteiger partial charge in [-0.15, -0.1) is 0 Å². The zero-order valence-corrected chi connectivity index (χ0v) is 20.6. The number of ketones is 1. The average molecular weight is 503 g/mol. The van der Waals surface area contributed by atoms with E-state index >= 15 is 0 Å². The summed E-state index contributed by atoms with van der Waals surface area (Å²) in [5.41, 5.74) is -1.27. The van der Waals surface area contributed by atoms with Crippen LogP contribution in [0.4, 0.5) is 8.78 Å². The highest BCUT2D eigenvalue weighted by molar-refractivity contribution is 6.07. The first-order chi connectivity index (χ1) is 17.1. The van der Waals surface area contributed by atoms with Crippen molar-refractivity contribution in [3.05, 3.63) is 46.9 Å². The van der Waals surface area contributed by atoms with Crippen molar-refractivity contribution in [2.45, 2.75) is 57.8 Å². The topological polar surface area (TPSA) is 93.2 Å². The van der Waals surface area contributed by atoms with Gasteiger partial charge in [0.15, 0.2) is 11.4 Å². The molecule has 0 radical (unpaired) electrons. The Balaban J connectivity index is 1.57. The molecule has 8 nitrogen and oxygen atoms in total. The summed E-state index contributed by atoms with van der Waals surface area (Å²) in [6.45, 7) is 5.46. The number of nitrogens with zero attached hydrogens (tertiary/aromatic N) is 3. The number of hydrogen-bond donors (Lipinski definition) is 2. The van der Waals surface area contributed by atoms with E-state index in [-0.39, 0.29) is 55.2 Å². The number of benzene rings is 1. The molecule has 1 aromatic carbocycles. The van der Waals surface area contributed by atoms with Crippen molar-refractivity contribution in [1.29, 1.82) is 0 Å². The molecule has 2 N–H and O–H groups in total. The minimum Gasteiger partial charge on any atom is -0.503 e. The molecule has 1 aromatic rings. The molecule has 3 fully saturated rings. The molecule has 4 aliphatic rings. The zero-order chi connectivity index (χ0) is 25.8. The molecule has 1 aliphatic carbocycles. The predicted octanol–water partition coefficient (Wildman–Crippen LogP) is 2.30. The van der Waals surface area contributed by atoms with Crippen molar-refractivity contribution >= 4 is 17.6 Å². The Hall–Kier alpha value is -3.01. The quantitative estimate of drug-likeness (QED) is 0.642. The third kappa shape index (κ3) is 3.86. The molecule has 36 heavy (non-hydrogen) atoms. The van der Waals surface area contributed by atoms with Gasteiger partial charge < -0.3 is 20.2 Å². The maximum atomic E-state index is 14.3. The monoisotopic (exact) mass is 502 g/mol. The zero-order valence-electron chi connectivity index (χ0n) is 20.6. The number of fused-ring (bicyclic) bond motifs is 4. The lowest BCUT2D eigenvalue weighted by Gasteiger charge is -2.61. The van der Waals surface area contributed by atoms with Crippen molar-refractivity contribution in [3.8, 4) is 0 Å². The molecule has 0 bridgehead atoms. The van der Waals surface area contributed by atoms with Crippen molar-refractivity contribution in [2.24, 2.45) is 11.8 Å². The molecule has 1 saturated carbocycles.